The third-order valence-corrected chi connectivity index (χ3v) is 1.30. The monoisotopic (exact) mass is 216 g/mol. The minimum absolute atomic E-state index is 0.722. The highest BCUT2D eigenvalue weighted by Crippen LogP contribution is 1.99. The fourth-order valence-corrected chi connectivity index (χ4v) is 0.635. The van der Waals surface area contributed by atoms with Crippen LogP contribution in [0.5, 0.6) is 0 Å². The summed E-state index contributed by atoms with van der Waals surface area (Å²) >= 11 is 3.10. The first-order chi connectivity index (χ1) is 2.77. The van der Waals surface area contributed by atoms with E-state index in [1.807, 2.05) is 22.6 Å². The van der Waals surface area contributed by atoms with E-state index in [4.69, 9.17) is 10.9 Å². The predicted molar refractivity (Wildman–Crippen MR) is 38.1 cm³/mol. The van der Waals surface area contributed by atoms with Gasteiger partial charge >= 0.3 is 0 Å². The van der Waals surface area contributed by atoms with Crippen LogP contribution >= 0.6 is 34.5 Å². The van der Waals surface area contributed by atoms with Crippen molar-refractivity contribution in [3.8, 4) is 0 Å². The maximum absolute atomic E-state index is 5.15. The molecule has 0 heterocycles. The third-order valence-electron chi connectivity index (χ3n) is 0.181. The highest BCUT2D eigenvalue weighted by Gasteiger charge is 1.70. The van der Waals surface area contributed by atoms with Crippen molar-refractivity contribution in [1.82, 2.24) is 0 Å². The summed E-state index contributed by atoms with van der Waals surface area (Å²) in [5.74, 6) is 0. The molecular formula is C2H5IN2S. The van der Waals surface area contributed by atoms with Gasteiger partial charge in [-0.05, 0) is 22.6 Å². The molecule has 0 aliphatic rings. The normalized spacial score (nSPS) is 12.0. The molecular weight excluding hydrogens is 211 g/mol. The molecule has 0 spiro atoms. The zero-order chi connectivity index (χ0) is 4.99. The van der Waals surface area contributed by atoms with E-state index in [0.29, 0.717) is 0 Å². The summed E-state index contributed by atoms with van der Waals surface area (Å²) in [5, 5.41) is 6.65. The van der Waals surface area contributed by atoms with Crippen molar-refractivity contribution in [3.05, 3.63) is 9.11 Å². The average molecular weight is 216 g/mol. The van der Waals surface area contributed by atoms with Crippen LogP contribution in [0, 0.1) is 0 Å². The van der Waals surface area contributed by atoms with Crippen LogP contribution in [0.15, 0.2) is 9.11 Å². The quantitative estimate of drug-likeness (QED) is 0.387. The molecule has 0 aliphatic heterocycles. The summed E-state index contributed by atoms with van der Waals surface area (Å²) in [6, 6.07) is 0. The number of nitrogens with two attached hydrogens (primary N) is 2. The molecule has 0 rings (SSSR count). The summed E-state index contributed by atoms with van der Waals surface area (Å²) in [6.45, 7) is 0. The van der Waals surface area contributed by atoms with Crippen LogP contribution in [-0.2, 0) is 0 Å². The molecule has 0 fully saturated rings. The van der Waals surface area contributed by atoms with Crippen LogP contribution in [-0.4, -0.2) is 0 Å². The van der Waals surface area contributed by atoms with Crippen molar-refractivity contribution in [2.45, 2.75) is 0 Å². The van der Waals surface area contributed by atoms with Crippen LogP contribution in [0.25, 0.3) is 0 Å². The topological polar surface area (TPSA) is 52.0 Å². The molecule has 0 atom stereocenters. The molecule has 0 aromatic rings. The van der Waals surface area contributed by atoms with Gasteiger partial charge in [0.15, 0.2) is 0 Å². The van der Waals surface area contributed by atoms with Gasteiger partial charge in [-0.1, -0.05) is 11.9 Å². The molecule has 0 aromatic heterocycles. The second kappa shape index (κ2) is 3.76. The smallest absolute Gasteiger partial charge is 0.0782 e. The van der Waals surface area contributed by atoms with Crippen molar-refractivity contribution < 1.29 is 0 Å². The minimum atomic E-state index is 0.722. The van der Waals surface area contributed by atoms with Gasteiger partial charge in [0.1, 0.15) is 0 Å². The van der Waals surface area contributed by atoms with E-state index in [1.165, 1.54) is 0 Å². The zero-order valence-corrected chi connectivity index (χ0v) is 5.99. The van der Waals surface area contributed by atoms with E-state index in [9.17, 15) is 0 Å². The number of rotatable bonds is 1. The molecule has 4 heteroatoms. The fourth-order valence-electron chi connectivity index (χ4n) is 0.0650. The van der Waals surface area contributed by atoms with E-state index in [1.54, 1.807) is 5.41 Å². The van der Waals surface area contributed by atoms with Gasteiger partial charge in [-0.25, -0.2) is 0 Å². The third kappa shape index (κ3) is 4.58. The summed E-state index contributed by atoms with van der Waals surface area (Å²) < 4.78 is 0.722. The van der Waals surface area contributed by atoms with E-state index in [2.05, 4.69) is 0 Å². The highest BCUT2D eigenvalue weighted by atomic mass is 127. The summed E-state index contributed by atoms with van der Waals surface area (Å²) in [4.78, 5) is 0. The minimum Gasteiger partial charge on any atom is -0.393 e. The largest absolute Gasteiger partial charge is 0.393 e. The molecule has 0 amide bonds. The predicted octanol–water partition coefficient (Wildman–Crippen LogP) is 0.786. The molecule has 0 bridgehead atoms. The van der Waals surface area contributed by atoms with Crippen LogP contribution in [0.2, 0.25) is 0 Å². The lowest BCUT2D eigenvalue weighted by molar-refractivity contribution is 1.61. The van der Waals surface area contributed by atoms with E-state index in [-0.39, 0.29) is 0 Å². The fraction of sp³-hybridized carbons (Fsp3) is 0. The lowest BCUT2D eigenvalue weighted by atomic mass is 11.1. The Hall–Kier alpha value is 0.580. The van der Waals surface area contributed by atoms with Crippen molar-refractivity contribution >= 4 is 34.5 Å². The van der Waals surface area contributed by atoms with Gasteiger partial charge < -0.3 is 5.73 Å². The van der Waals surface area contributed by atoms with Gasteiger partial charge in [0, 0.05) is 5.41 Å². The average Bonchev–Trinajstić information content (AvgIpc) is 1.35. The Labute approximate surface area is 54.6 Å². The Morgan fingerprint density at radius 1 is 1.83 bits per heavy atom. The second-order valence-corrected chi connectivity index (χ2v) is 2.39. The molecule has 2 nitrogen and oxygen atoms in total. The van der Waals surface area contributed by atoms with E-state index < -0.39 is 0 Å². The molecule has 4 N–H and O–H groups in total. The summed E-state index contributed by atoms with van der Waals surface area (Å²) in [5.41, 5.74) is 5.15. The van der Waals surface area contributed by atoms with Crippen molar-refractivity contribution in [2.24, 2.45) is 10.9 Å². The van der Waals surface area contributed by atoms with Crippen LogP contribution < -0.4 is 10.9 Å². The summed E-state index contributed by atoms with van der Waals surface area (Å²) in [7, 11) is 0. The molecule has 0 aromatic carbocycles. The Bertz CT molecular complexity index is 58.6. The standard InChI is InChI=1S/C2H5IN2S/c3-2(4)1-6-5/h1H,4-5H2/b2-1-. The lowest BCUT2D eigenvalue weighted by Crippen LogP contribution is -1.84. The first kappa shape index (κ1) is 6.58. The van der Waals surface area contributed by atoms with Crippen LogP contribution in [0.1, 0.15) is 0 Å². The SMILES string of the molecule is NS/C=C(\N)I. The van der Waals surface area contributed by atoms with E-state index >= 15 is 0 Å². The second-order valence-electron chi connectivity index (χ2n) is 0.639. The lowest BCUT2D eigenvalue weighted by Gasteiger charge is -1.78. The molecule has 36 valence electrons. The van der Waals surface area contributed by atoms with Gasteiger partial charge in [-0.2, -0.15) is 0 Å². The maximum Gasteiger partial charge on any atom is 0.0782 e. The van der Waals surface area contributed by atoms with Crippen molar-refractivity contribution in [1.29, 1.82) is 0 Å². The van der Waals surface area contributed by atoms with Gasteiger partial charge in [-0.15, -0.1) is 0 Å². The molecule has 0 radical (unpaired) electrons. The van der Waals surface area contributed by atoms with E-state index in [0.717, 1.165) is 15.7 Å². The van der Waals surface area contributed by atoms with Gasteiger partial charge in [0.2, 0.25) is 0 Å². The number of hydrogen-bond acceptors (Lipinski definition) is 3. The number of halogens is 1. The van der Waals surface area contributed by atoms with Crippen molar-refractivity contribution in [3.63, 3.8) is 0 Å². The van der Waals surface area contributed by atoms with Gasteiger partial charge in [0.05, 0.1) is 3.70 Å². The summed E-state index contributed by atoms with van der Waals surface area (Å²) in [6.07, 6.45) is 0. The highest BCUT2D eigenvalue weighted by molar-refractivity contribution is 14.1. The number of hydrogen-bond donors (Lipinski definition) is 2. The Morgan fingerprint density at radius 2 is 2.33 bits per heavy atom. The van der Waals surface area contributed by atoms with Crippen LogP contribution in [0.4, 0.5) is 0 Å². The van der Waals surface area contributed by atoms with Crippen molar-refractivity contribution in [2.75, 3.05) is 0 Å². The first-order valence-electron chi connectivity index (χ1n) is 1.24. The Morgan fingerprint density at radius 3 is 2.33 bits per heavy atom. The molecule has 0 saturated carbocycles. The van der Waals surface area contributed by atoms with Gasteiger partial charge in [0.25, 0.3) is 0 Å². The molecule has 0 unspecified atom stereocenters. The molecule has 0 aliphatic carbocycles. The molecule has 6 heavy (non-hydrogen) atoms. The Balaban J connectivity index is 3.14. The Kier molecular flexibility index (Phi) is 4.12. The maximum atomic E-state index is 5.15. The van der Waals surface area contributed by atoms with Crippen LogP contribution in [0.3, 0.4) is 0 Å². The zero-order valence-electron chi connectivity index (χ0n) is 3.02. The van der Waals surface area contributed by atoms with Gasteiger partial charge in [-0.3, -0.25) is 5.14 Å². The first-order valence-corrected chi connectivity index (χ1v) is 3.26. The molecule has 0 saturated heterocycles.